The molecule has 0 spiro atoms. The van der Waals surface area contributed by atoms with Gasteiger partial charge in [-0.2, -0.15) is 0 Å². The van der Waals surface area contributed by atoms with Crippen molar-refractivity contribution in [3.63, 3.8) is 0 Å². The minimum absolute atomic E-state index is 0.131. The molecule has 0 aromatic rings. The van der Waals surface area contributed by atoms with Crippen LogP contribution < -0.4 is 5.32 Å². The molecule has 0 heterocycles. The summed E-state index contributed by atoms with van der Waals surface area (Å²) in [6, 6.07) is 0.693. The van der Waals surface area contributed by atoms with E-state index < -0.39 is 0 Å². The van der Waals surface area contributed by atoms with Crippen LogP contribution in [0.1, 0.15) is 60.3 Å². The predicted molar refractivity (Wildman–Crippen MR) is 75.8 cm³/mol. The maximum Gasteiger partial charge on any atom is 0.0578 e. The maximum absolute atomic E-state index is 3.65. The van der Waals surface area contributed by atoms with Gasteiger partial charge in [-0.15, -0.1) is 0 Å². The van der Waals surface area contributed by atoms with Gasteiger partial charge in [0.15, 0.2) is 0 Å². The molecule has 2 atom stereocenters. The highest BCUT2D eigenvalue weighted by molar-refractivity contribution is 5.08. The van der Waals surface area contributed by atoms with Crippen LogP contribution in [0.2, 0.25) is 0 Å². The number of nitrogens with one attached hydrogen (secondary N) is 1. The third kappa shape index (κ3) is 5.59. The van der Waals surface area contributed by atoms with Gasteiger partial charge < -0.3 is 5.32 Å². The zero-order valence-corrected chi connectivity index (χ0v) is 12.3. The average molecular weight is 235 g/mol. The Bertz CT molecular complexity index is 274. The van der Waals surface area contributed by atoms with E-state index in [-0.39, 0.29) is 5.41 Å². The third-order valence-corrected chi connectivity index (χ3v) is 3.59. The van der Waals surface area contributed by atoms with Crippen LogP contribution in [0, 0.1) is 29.1 Å². The van der Waals surface area contributed by atoms with Crippen molar-refractivity contribution in [2.45, 2.75) is 66.3 Å². The molecular weight excluding hydrogens is 206 g/mol. The zero-order chi connectivity index (χ0) is 12.9. The summed E-state index contributed by atoms with van der Waals surface area (Å²) in [6.07, 6.45) is 5.52. The van der Waals surface area contributed by atoms with Crippen LogP contribution in [0.25, 0.3) is 0 Å². The Morgan fingerprint density at radius 2 is 1.82 bits per heavy atom. The number of rotatable bonds is 3. The Balaban J connectivity index is 2.40. The van der Waals surface area contributed by atoms with Crippen molar-refractivity contribution >= 4 is 0 Å². The Kier molecular flexibility index (Phi) is 5.53. The first-order valence-electron chi connectivity index (χ1n) is 7.13. The topological polar surface area (TPSA) is 12.0 Å². The van der Waals surface area contributed by atoms with E-state index in [1.807, 2.05) is 0 Å². The fourth-order valence-corrected chi connectivity index (χ4v) is 2.70. The molecule has 17 heavy (non-hydrogen) atoms. The molecule has 1 saturated carbocycles. The van der Waals surface area contributed by atoms with Crippen LogP contribution in [0.5, 0.6) is 0 Å². The van der Waals surface area contributed by atoms with E-state index in [2.05, 4.69) is 51.8 Å². The standard InChI is InChI=1S/C16H29N/c1-13(2)14-9-6-7-10-15(14)17-12-8-11-16(3,4)5/h13-15,17H,6-7,9-10,12H2,1-5H3. The molecule has 1 aliphatic rings. The van der Waals surface area contributed by atoms with Gasteiger partial charge in [0, 0.05) is 11.5 Å². The minimum Gasteiger partial charge on any atom is -0.303 e. The smallest absolute Gasteiger partial charge is 0.0578 e. The lowest BCUT2D eigenvalue weighted by Crippen LogP contribution is -2.41. The van der Waals surface area contributed by atoms with Gasteiger partial charge in [-0.3, -0.25) is 0 Å². The van der Waals surface area contributed by atoms with E-state index in [1.54, 1.807) is 0 Å². The molecule has 1 N–H and O–H groups in total. The molecular formula is C16H29N. The Morgan fingerprint density at radius 3 is 2.41 bits per heavy atom. The summed E-state index contributed by atoms with van der Waals surface area (Å²) in [4.78, 5) is 0. The normalized spacial score (nSPS) is 25.5. The lowest BCUT2D eigenvalue weighted by Gasteiger charge is -2.34. The number of hydrogen-bond donors (Lipinski definition) is 1. The Hall–Kier alpha value is -0.480. The van der Waals surface area contributed by atoms with Gasteiger partial charge in [0.1, 0.15) is 0 Å². The molecule has 0 radical (unpaired) electrons. The highest BCUT2D eigenvalue weighted by atomic mass is 14.9. The van der Waals surface area contributed by atoms with E-state index in [0.717, 1.165) is 18.4 Å². The molecule has 0 saturated heterocycles. The van der Waals surface area contributed by atoms with Crippen LogP contribution in [0.3, 0.4) is 0 Å². The van der Waals surface area contributed by atoms with Crippen LogP contribution >= 0.6 is 0 Å². The molecule has 0 amide bonds. The largest absolute Gasteiger partial charge is 0.303 e. The van der Waals surface area contributed by atoms with Crippen molar-refractivity contribution in [2.75, 3.05) is 6.54 Å². The molecule has 0 aliphatic heterocycles. The SMILES string of the molecule is CC(C)C1CCCCC1NCC#CC(C)(C)C. The predicted octanol–water partition coefficient (Wildman–Crippen LogP) is 3.84. The van der Waals surface area contributed by atoms with Crippen molar-refractivity contribution in [3.8, 4) is 11.8 Å². The Morgan fingerprint density at radius 1 is 1.18 bits per heavy atom. The van der Waals surface area contributed by atoms with E-state index in [4.69, 9.17) is 0 Å². The highest BCUT2D eigenvalue weighted by Gasteiger charge is 2.26. The second-order valence-electron chi connectivity index (χ2n) is 6.73. The lowest BCUT2D eigenvalue weighted by atomic mass is 9.78. The summed E-state index contributed by atoms with van der Waals surface area (Å²) in [5.74, 6) is 8.21. The van der Waals surface area contributed by atoms with Crippen molar-refractivity contribution in [1.29, 1.82) is 0 Å². The van der Waals surface area contributed by atoms with E-state index >= 15 is 0 Å². The van der Waals surface area contributed by atoms with Gasteiger partial charge in [-0.1, -0.05) is 38.5 Å². The Labute approximate surface area is 108 Å². The fourth-order valence-electron chi connectivity index (χ4n) is 2.70. The van der Waals surface area contributed by atoms with Gasteiger partial charge in [0.05, 0.1) is 6.54 Å². The average Bonchev–Trinajstić information content (AvgIpc) is 2.23. The van der Waals surface area contributed by atoms with Gasteiger partial charge >= 0.3 is 0 Å². The van der Waals surface area contributed by atoms with Crippen LogP contribution in [-0.4, -0.2) is 12.6 Å². The quantitative estimate of drug-likeness (QED) is 0.733. The van der Waals surface area contributed by atoms with Crippen LogP contribution in [0.4, 0.5) is 0 Å². The first-order chi connectivity index (χ1) is 7.90. The molecule has 1 aliphatic carbocycles. The first kappa shape index (κ1) is 14.6. The second-order valence-corrected chi connectivity index (χ2v) is 6.73. The van der Waals surface area contributed by atoms with Crippen molar-refractivity contribution in [3.05, 3.63) is 0 Å². The van der Waals surface area contributed by atoms with E-state index in [0.29, 0.717) is 6.04 Å². The van der Waals surface area contributed by atoms with Crippen LogP contribution in [0.15, 0.2) is 0 Å². The van der Waals surface area contributed by atoms with E-state index in [1.165, 1.54) is 25.7 Å². The molecule has 1 fully saturated rings. The summed E-state index contributed by atoms with van der Waals surface area (Å²) in [5, 5.41) is 3.65. The molecule has 1 nitrogen and oxygen atoms in total. The van der Waals surface area contributed by atoms with Gasteiger partial charge in [-0.25, -0.2) is 0 Å². The fraction of sp³-hybridized carbons (Fsp3) is 0.875. The third-order valence-electron chi connectivity index (χ3n) is 3.59. The molecule has 0 aromatic heterocycles. The minimum atomic E-state index is 0.131. The molecule has 1 rings (SSSR count). The summed E-state index contributed by atoms with van der Waals surface area (Å²) in [6.45, 7) is 12.1. The van der Waals surface area contributed by atoms with Crippen molar-refractivity contribution in [2.24, 2.45) is 17.3 Å². The summed E-state index contributed by atoms with van der Waals surface area (Å²) in [5.41, 5.74) is 0.131. The van der Waals surface area contributed by atoms with E-state index in [9.17, 15) is 0 Å². The molecule has 98 valence electrons. The second kappa shape index (κ2) is 6.45. The molecule has 1 heteroatoms. The van der Waals surface area contributed by atoms with Gasteiger partial charge in [-0.05, 0) is 45.4 Å². The van der Waals surface area contributed by atoms with Gasteiger partial charge in [0.2, 0.25) is 0 Å². The number of hydrogen-bond acceptors (Lipinski definition) is 1. The monoisotopic (exact) mass is 235 g/mol. The maximum atomic E-state index is 3.65. The van der Waals surface area contributed by atoms with Gasteiger partial charge in [0.25, 0.3) is 0 Å². The van der Waals surface area contributed by atoms with Crippen molar-refractivity contribution < 1.29 is 0 Å². The first-order valence-corrected chi connectivity index (χ1v) is 7.13. The summed E-state index contributed by atoms with van der Waals surface area (Å²) in [7, 11) is 0. The highest BCUT2D eigenvalue weighted by Crippen LogP contribution is 2.29. The van der Waals surface area contributed by atoms with Crippen LogP contribution in [-0.2, 0) is 0 Å². The summed E-state index contributed by atoms with van der Waals surface area (Å²) >= 11 is 0. The zero-order valence-electron chi connectivity index (χ0n) is 12.3. The molecule has 0 aromatic carbocycles. The molecule has 0 bridgehead atoms. The van der Waals surface area contributed by atoms with Crippen molar-refractivity contribution in [1.82, 2.24) is 5.32 Å². The molecule has 2 unspecified atom stereocenters. The lowest BCUT2D eigenvalue weighted by molar-refractivity contribution is 0.211. The summed E-state index contributed by atoms with van der Waals surface area (Å²) < 4.78 is 0.